The van der Waals surface area contributed by atoms with Gasteiger partial charge in [-0.3, -0.25) is 0 Å². The Morgan fingerprint density at radius 3 is 2.60 bits per heavy atom. The zero-order valence-electron chi connectivity index (χ0n) is 11.3. The lowest BCUT2D eigenvalue weighted by molar-refractivity contribution is 0.0652. The highest BCUT2D eigenvalue weighted by molar-refractivity contribution is 6.32. The first-order valence-corrected chi connectivity index (χ1v) is 6.39. The maximum Gasteiger partial charge on any atom is 0.374 e. The number of carboxylic acid groups (broad SMARTS) is 1. The van der Waals surface area contributed by atoms with E-state index in [1.54, 1.807) is 0 Å². The maximum absolute atomic E-state index is 10.9. The van der Waals surface area contributed by atoms with Gasteiger partial charge in [-0.2, -0.15) is 0 Å². The van der Waals surface area contributed by atoms with Gasteiger partial charge in [0.2, 0.25) is 5.76 Å². The number of carboxylic acids is 1. The SMILES string of the molecule is COc1c(Cl)cc(C(C)C)cc1-c1cc(C(=O)O)on1. The van der Waals surface area contributed by atoms with Gasteiger partial charge in [0.1, 0.15) is 11.4 Å². The molecule has 2 rings (SSSR count). The van der Waals surface area contributed by atoms with Crippen LogP contribution in [0.2, 0.25) is 5.02 Å². The summed E-state index contributed by atoms with van der Waals surface area (Å²) in [6, 6.07) is 5.05. The summed E-state index contributed by atoms with van der Waals surface area (Å²) >= 11 is 6.20. The lowest BCUT2D eigenvalue weighted by atomic mass is 9.98. The molecule has 1 heterocycles. The minimum absolute atomic E-state index is 0.229. The number of benzene rings is 1. The third-order valence-corrected chi connectivity index (χ3v) is 3.21. The van der Waals surface area contributed by atoms with E-state index in [9.17, 15) is 4.79 Å². The zero-order valence-corrected chi connectivity index (χ0v) is 12.1. The van der Waals surface area contributed by atoms with Gasteiger partial charge in [-0.25, -0.2) is 4.79 Å². The number of nitrogens with zero attached hydrogens (tertiary/aromatic N) is 1. The highest BCUT2D eigenvalue weighted by Gasteiger charge is 2.19. The molecule has 1 aromatic carbocycles. The van der Waals surface area contributed by atoms with Crippen LogP contribution in [0.3, 0.4) is 0 Å². The second-order valence-corrected chi connectivity index (χ2v) is 5.03. The molecular formula is C14H14ClNO4. The molecule has 0 amide bonds. The summed E-state index contributed by atoms with van der Waals surface area (Å²) in [6.07, 6.45) is 0. The summed E-state index contributed by atoms with van der Waals surface area (Å²) in [5.41, 5.74) is 1.99. The molecule has 1 N–H and O–H groups in total. The fourth-order valence-corrected chi connectivity index (χ4v) is 2.15. The summed E-state index contributed by atoms with van der Waals surface area (Å²) in [7, 11) is 1.50. The Morgan fingerprint density at radius 1 is 1.40 bits per heavy atom. The van der Waals surface area contributed by atoms with Crippen molar-refractivity contribution >= 4 is 17.6 Å². The third-order valence-electron chi connectivity index (χ3n) is 2.93. The summed E-state index contributed by atoms with van der Waals surface area (Å²) < 4.78 is 10.0. The van der Waals surface area contributed by atoms with Gasteiger partial charge in [-0.15, -0.1) is 0 Å². The number of rotatable bonds is 4. The Morgan fingerprint density at radius 2 is 2.10 bits per heavy atom. The van der Waals surface area contributed by atoms with Gasteiger partial charge in [0.05, 0.1) is 12.1 Å². The van der Waals surface area contributed by atoms with Crippen molar-refractivity contribution in [1.29, 1.82) is 0 Å². The molecule has 5 nitrogen and oxygen atoms in total. The standard InChI is InChI=1S/C14H14ClNO4/c1-7(2)8-4-9(13(19-3)10(15)5-8)11-6-12(14(17)18)20-16-11/h4-7H,1-3H3,(H,17,18). The first-order valence-electron chi connectivity index (χ1n) is 6.01. The average Bonchev–Trinajstić information content (AvgIpc) is 2.87. The molecule has 0 spiro atoms. The molecule has 106 valence electrons. The van der Waals surface area contributed by atoms with Gasteiger partial charge < -0.3 is 14.4 Å². The first kappa shape index (κ1) is 14.4. The lowest BCUT2D eigenvalue weighted by Gasteiger charge is -2.13. The van der Waals surface area contributed by atoms with Gasteiger partial charge in [-0.1, -0.05) is 30.6 Å². The van der Waals surface area contributed by atoms with E-state index in [2.05, 4.69) is 5.16 Å². The van der Waals surface area contributed by atoms with E-state index in [0.717, 1.165) is 5.56 Å². The predicted molar refractivity (Wildman–Crippen MR) is 74.5 cm³/mol. The second kappa shape index (κ2) is 5.54. The molecule has 0 atom stereocenters. The van der Waals surface area contributed by atoms with E-state index < -0.39 is 5.97 Å². The number of carbonyl (C=O) groups is 1. The number of ether oxygens (including phenoxy) is 1. The second-order valence-electron chi connectivity index (χ2n) is 4.62. The van der Waals surface area contributed by atoms with Gasteiger partial charge in [0.15, 0.2) is 0 Å². The molecule has 0 radical (unpaired) electrons. The highest BCUT2D eigenvalue weighted by Crippen LogP contribution is 2.38. The number of halogens is 1. The van der Waals surface area contributed by atoms with E-state index in [4.69, 9.17) is 26.0 Å². The van der Waals surface area contributed by atoms with Crippen LogP contribution in [0.15, 0.2) is 22.7 Å². The average molecular weight is 296 g/mol. The molecular weight excluding hydrogens is 282 g/mol. The molecule has 6 heteroatoms. The molecule has 0 unspecified atom stereocenters. The van der Waals surface area contributed by atoms with Crippen LogP contribution < -0.4 is 4.74 Å². The largest absolute Gasteiger partial charge is 0.494 e. The molecule has 1 aromatic heterocycles. The highest BCUT2D eigenvalue weighted by atomic mass is 35.5. The van der Waals surface area contributed by atoms with Crippen molar-refractivity contribution in [3.63, 3.8) is 0 Å². The Labute approximate surface area is 121 Å². The summed E-state index contributed by atoms with van der Waals surface area (Å²) in [6.45, 7) is 4.07. The molecule has 0 bridgehead atoms. The van der Waals surface area contributed by atoms with E-state index in [1.165, 1.54) is 13.2 Å². The molecule has 0 saturated heterocycles. The molecule has 0 saturated carbocycles. The molecule has 0 fully saturated rings. The van der Waals surface area contributed by atoms with Crippen LogP contribution in [0.25, 0.3) is 11.3 Å². The van der Waals surface area contributed by atoms with Gasteiger partial charge >= 0.3 is 5.97 Å². The van der Waals surface area contributed by atoms with E-state index in [0.29, 0.717) is 22.0 Å². The van der Waals surface area contributed by atoms with Crippen LogP contribution in [-0.2, 0) is 0 Å². The summed E-state index contributed by atoms with van der Waals surface area (Å²) in [5.74, 6) is -0.689. The smallest absolute Gasteiger partial charge is 0.374 e. The van der Waals surface area contributed by atoms with Crippen LogP contribution in [0.5, 0.6) is 5.75 Å². The number of hydrogen-bond donors (Lipinski definition) is 1. The van der Waals surface area contributed by atoms with Gasteiger partial charge in [-0.05, 0) is 23.6 Å². The number of aromatic carboxylic acids is 1. The quantitative estimate of drug-likeness (QED) is 0.928. The van der Waals surface area contributed by atoms with Crippen LogP contribution in [0, 0.1) is 0 Å². The Hall–Kier alpha value is -2.01. The van der Waals surface area contributed by atoms with Crippen LogP contribution >= 0.6 is 11.6 Å². The minimum Gasteiger partial charge on any atom is -0.494 e. The molecule has 20 heavy (non-hydrogen) atoms. The van der Waals surface area contributed by atoms with Crippen molar-refractivity contribution in [2.24, 2.45) is 0 Å². The van der Waals surface area contributed by atoms with Crippen molar-refractivity contribution in [2.45, 2.75) is 19.8 Å². The van der Waals surface area contributed by atoms with Crippen molar-refractivity contribution in [3.05, 3.63) is 34.5 Å². The van der Waals surface area contributed by atoms with Crippen LogP contribution in [0.1, 0.15) is 35.9 Å². The summed E-state index contributed by atoms with van der Waals surface area (Å²) in [4.78, 5) is 10.9. The summed E-state index contributed by atoms with van der Waals surface area (Å²) in [5, 5.41) is 13.1. The van der Waals surface area contributed by atoms with Gasteiger partial charge in [0.25, 0.3) is 0 Å². The first-order chi connectivity index (χ1) is 9.43. The lowest BCUT2D eigenvalue weighted by Crippen LogP contribution is -1.95. The monoisotopic (exact) mass is 295 g/mol. The molecule has 0 aliphatic heterocycles. The van der Waals surface area contributed by atoms with Crippen LogP contribution in [0.4, 0.5) is 0 Å². The molecule has 2 aromatic rings. The number of hydrogen-bond acceptors (Lipinski definition) is 4. The van der Waals surface area contributed by atoms with E-state index in [1.807, 2.05) is 26.0 Å². The zero-order chi connectivity index (χ0) is 14.9. The predicted octanol–water partition coefficient (Wildman–Crippen LogP) is 3.83. The number of aromatic nitrogens is 1. The number of methoxy groups -OCH3 is 1. The molecule has 0 aliphatic rings. The van der Waals surface area contributed by atoms with Crippen molar-refractivity contribution < 1.29 is 19.2 Å². The van der Waals surface area contributed by atoms with Crippen molar-refractivity contribution in [1.82, 2.24) is 5.16 Å². The fraction of sp³-hybridized carbons (Fsp3) is 0.286. The topological polar surface area (TPSA) is 72.6 Å². The Balaban J connectivity index is 2.60. The maximum atomic E-state index is 10.9. The van der Waals surface area contributed by atoms with Crippen molar-refractivity contribution in [2.75, 3.05) is 7.11 Å². The van der Waals surface area contributed by atoms with E-state index >= 15 is 0 Å². The Kier molecular flexibility index (Phi) is 3.99. The van der Waals surface area contributed by atoms with Crippen LogP contribution in [-0.4, -0.2) is 23.3 Å². The fourth-order valence-electron chi connectivity index (χ4n) is 1.85. The molecule has 0 aliphatic carbocycles. The normalized spacial score (nSPS) is 10.8. The minimum atomic E-state index is -1.17. The van der Waals surface area contributed by atoms with E-state index in [-0.39, 0.29) is 11.7 Å². The van der Waals surface area contributed by atoms with Crippen molar-refractivity contribution in [3.8, 4) is 17.0 Å². The Bertz CT molecular complexity index is 649. The third kappa shape index (κ3) is 2.63. The van der Waals surface area contributed by atoms with Gasteiger partial charge in [0, 0.05) is 11.6 Å².